The summed E-state index contributed by atoms with van der Waals surface area (Å²) >= 11 is 0. The number of nitrogen functional groups attached to an aromatic ring is 1. The number of hydrogen-bond donors (Lipinski definition) is 2. The van der Waals surface area contributed by atoms with Crippen LogP contribution in [-0.2, 0) is 11.2 Å². The molecule has 4 heteroatoms. The second-order valence-electron chi connectivity index (χ2n) is 2.71. The highest BCUT2D eigenvalue weighted by Gasteiger charge is 2.05. The molecule has 0 saturated carbocycles. The van der Waals surface area contributed by atoms with Crippen LogP contribution in [0.4, 0.5) is 10.1 Å². The Bertz CT molecular complexity index is 325. The smallest absolute Gasteiger partial charge is 0.303 e. The fourth-order valence-electron chi connectivity index (χ4n) is 1.04. The van der Waals surface area contributed by atoms with Crippen LogP contribution in [-0.4, -0.2) is 11.1 Å². The molecule has 1 rings (SSSR count). The lowest BCUT2D eigenvalue weighted by Gasteiger charge is -2.03. The van der Waals surface area contributed by atoms with Crippen molar-refractivity contribution in [1.82, 2.24) is 0 Å². The van der Waals surface area contributed by atoms with Crippen LogP contribution in [0, 0.1) is 5.82 Å². The lowest BCUT2D eigenvalue weighted by molar-refractivity contribution is -0.136. The topological polar surface area (TPSA) is 63.3 Å². The van der Waals surface area contributed by atoms with E-state index in [1.165, 1.54) is 12.1 Å². The van der Waals surface area contributed by atoms with Gasteiger partial charge in [0.25, 0.3) is 0 Å². The molecule has 0 unspecified atom stereocenters. The van der Waals surface area contributed by atoms with Gasteiger partial charge in [-0.3, -0.25) is 4.79 Å². The van der Waals surface area contributed by atoms with E-state index in [9.17, 15) is 9.18 Å². The van der Waals surface area contributed by atoms with Gasteiger partial charge in [-0.15, -0.1) is 0 Å². The maximum atomic E-state index is 12.8. The van der Waals surface area contributed by atoms with Gasteiger partial charge < -0.3 is 10.8 Å². The predicted octanol–water partition coefficient (Wildman–Crippen LogP) is 1.43. The number of carboxylic acid groups (broad SMARTS) is 1. The zero-order valence-electron chi connectivity index (χ0n) is 6.96. The molecule has 0 aromatic heterocycles. The molecular formula is C9H10FNO2. The summed E-state index contributed by atoms with van der Waals surface area (Å²) in [5.74, 6) is -1.41. The van der Waals surface area contributed by atoms with Gasteiger partial charge in [0.1, 0.15) is 5.82 Å². The van der Waals surface area contributed by atoms with Crippen molar-refractivity contribution in [2.45, 2.75) is 12.8 Å². The van der Waals surface area contributed by atoms with Crippen LogP contribution in [0.3, 0.4) is 0 Å². The minimum atomic E-state index is -0.913. The van der Waals surface area contributed by atoms with Crippen LogP contribution < -0.4 is 5.73 Å². The maximum absolute atomic E-state index is 12.8. The summed E-state index contributed by atoms with van der Waals surface area (Å²) in [6.45, 7) is 0. The van der Waals surface area contributed by atoms with E-state index in [2.05, 4.69) is 0 Å². The van der Waals surface area contributed by atoms with Gasteiger partial charge in [0.15, 0.2) is 0 Å². The van der Waals surface area contributed by atoms with Crippen LogP contribution in [0.2, 0.25) is 0 Å². The number of aryl methyl sites for hydroxylation is 1. The van der Waals surface area contributed by atoms with E-state index in [0.29, 0.717) is 5.56 Å². The molecule has 0 spiro atoms. The number of hydrogen-bond acceptors (Lipinski definition) is 2. The van der Waals surface area contributed by atoms with Gasteiger partial charge in [-0.25, -0.2) is 4.39 Å². The lowest BCUT2D eigenvalue weighted by atomic mass is 10.1. The van der Waals surface area contributed by atoms with E-state index < -0.39 is 11.8 Å². The fraction of sp³-hybridized carbons (Fsp3) is 0.222. The summed E-state index contributed by atoms with van der Waals surface area (Å²) in [5.41, 5.74) is 5.99. The highest BCUT2D eigenvalue weighted by Crippen LogP contribution is 2.16. The summed E-state index contributed by atoms with van der Waals surface area (Å²) in [4.78, 5) is 10.2. The molecule has 3 nitrogen and oxygen atoms in total. The average Bonchev–Trinajstić information content (AvgIpc) is 2.07. The minimum absolute atomic E-state index is 0.0341. The quantitative estimate of drug-likeness (QED) is 0.696. The Kier molecular flexibility index (Phi) is 2.84. The first kappa shape index (κ1) is 9.51. The SMILES string of the molecule is Nc1c(F)cccc1CCC(=O)O. The molecule has 70 valence electrons. The molecule has 13 heavy (non-hydrogen) atoms. The van der Waals surface area contributed by atoms with Gasteiger partial charge in [-0.05, 0) is 18.1 Å². The van der Waals surface area contributed by atoms with Crippen molar-refractivity contribution in [2.24, 2.45) is 0 Å². The molecule has 0 aliphatic rings. The number of nitrogens with two attached hydrogens (primary N) is 1. The Hall–Kier alpha value is -1.58. The molecular weight excluding hydrogens is 173 g/mol. The summed E-state index contributed by atoms with van der Waals surface area (Å²) in [7, 11) is 0. The van der Waals surface area contributed by atoms with E-state index in [1.807, 2.05) is 0 Å². The van der Waals surface area contributed by atoms with Crippen molar-refractivity contribution in [3.8, 4) is 0 Å². The zero-order valence-corrected chi connectivity index (χ0v) is 6.96. The molecule has 0 saturated heterocycles. The molecule has 1 aromatic rings. The van der Waals surface area contributed by atoms with Gasteiger partial charge in [-0.2, -0.15) is 0 Å². The molecule has 3 N–H and O–H groups in total. The van der Waals surface area contributed by atoms with Gasteiger partial charge >= 0.3 is 5.97 Å². The van der Waals surface area contributed by atoms with Crippen LogP contribution in [0.15, 0.2) is 18.2 Å². The molecule has 0 bridgehead atoms. The van der Waals surface area contributed by atoms with Crippen molar-refractivity contribution in [2.75, 3.05) is 5.73 Å². The fourth-order valence-corrected chi connectivity index (χ4v) is 1.04. The van der Waals surface area contributed by atoms with Crippen molar-refractivity contribution < 1.29 is 14.3 Å². The Morgan fingerprint density at radius 1 is 1.54 bits per heavy atom. The number of carboxylic acids is 1. The second-order valence-corrected chi connectivity index (χ2v) is 2.71. The molecule has 0 aliphatic heterocycles. The van der Waals surface area contributed by atoms with Gasteiger partial charge in [0.05, 0.1) is 5.69 Å². The number of benzene rings is 1. The molecule has 0 aliphatic carbocycles. The highest BCUT2D eigenvalue weighted by molar-refractivity contribution is 5.67. The number of aliphatic carboxylic acids is 1. The van der Waals surface area contributed by atoms with Crippen molar-refractivity contribution in [3.63, 3.8) is 0 Å². The second kappa shape index (κ2) is 3.89. The molecule has 0 radical (unpaired) electrons. The number of rotatable bonds is 3. The number of para-hydroxylation sites is 1. The van der Waals surface area contributed by atoms with Gasteiger partial charge in [-0.1, -0.05) is 12.1 Å². The third kappa shape index (κ3) is 2.43. The summed E-state index contributed by atoms with van der Waals surface area (Å²) in [6.07, 6.45) is 0.229. The van der Waals surface area contributed by atoms with E-state index >= 15 is 0 Å². The van der Waals surface area contributed by atoms with Crippen LogP contribution >= 0.6 is 0 Å². The molecule has 0 fully saturated rings. The first-order valence-corrected chi connectivity index (χ1v) is 3.86. The Balaban J connectivity index is 2.77. The molecule has 0 heterocycles. The zero-order chi connectivity index (χ0) is 9.84. The van der Waals surface area contributed by atoms with Crippen molar-refractivity contribution in [1.29, 1.82) is 0 Å². The first-order valence-electron chi connectivity index (χ1n) is 3.86. The summed E-state index contributed by atoms with van der Waals surface area (Å²) < 4.78 is 12.8. The molecule has 0 amide bonds. The summed E-state index contributed by atoms with van der Waals surface area (Å²) in [5, 5.41) is 8.40. The monoisotopic (exact) mass is 183 g/mol. The van der Waals surface area contributed by atoms with E-state index in [-0.39, 0.29) is 18.5 Å². The largest absolute Gasteiger partial charge is 0.481 e. The van der Waals surface area contributed by atoms with Crippen LogP contribution in [0.5, 0.6) is 0 Å². The highest BCUT2D eigenvalue weighted by atomic mass is 19.1. The maximum Gasteiger partial charge on any atom is 0.303 e. The average molecular weight is 183 g/mol. The predicted molar refractivity (Wildman–Crippen MR) is 46.8 cm³/mol. The Labute approximate surface area is 75.0 Å². The third-order valence-corrected chi connectivity index (χ3v) is 1.75. The van der Waals surface area contributed by atoms with E-state index in [4.69, 9.17) is 10.8 Å². The van der Waals surface area contributed by atoms with E-state index in [0.717, 1.165) is 0 Å². The normalized spacial score (nSPS) is 9.92. The minimum Gasteiger partial charge on any atom is -0.481 e. The number of anilines is 1. The Morgan fingerprint density at radius 3 is 2.85 bits per heavy atom. The van der Waals surface area contributed by atoms with Crippen LogP contribution in [0.25, 0.3) is 0 Å². The third-order valence-electron chi connectivity index (χ3n) is 1.75. The number of carbonyl (C=O) groups is 1. The van der Waals surface area contributed by atoms with Crippen molar-refractivity contribution in [3.05, 3.63) is 29.6 Å². The number of halogens is 1. The lowest BCUT2D eigenvalue weighted by Crippen LogP contribution is -2.02. The van der Waals surface area contributed by atoms with Crippen molar-refractivity contribution >= 4 is 11.7 Å². The van der Waals surface area contributed by atoms with Gasteiger partial charge in [0.2, 0.25) is 0 Å². The molecule has 0 atom stereocenters. The Morgan fingerprint density at radius 2 is 2.23 bits per heavy atom. The van der Waals surface area contributed by atoms with Gasteiger partial charge in [0, 0.05) is 6.42 Å². The van der Waals surface area contributed by atoms with E-state index in [1.54, 1.807) is 6.07 Å². The summed E-state index contributed by atoms with van der Waals surface area (Å²) in [6, 6.07) is 4.39. The molecule has 1 aromatic carbocycles. The van der Waals surface area contributed by atoms with Crippen LogP contribution in [0.1, 0.15) is 12.0 Å². The standard InChI is InChI=1S/C9H10FNO2/c10-7-3-1-2-6(9(7)11)4-5-8(12)13/h1-3H,4-5,11H2,(H,12,13). The first-order chi connectivity index (χ1) is 6.11.